The second-order valence-electron chi connectivity index (χ2n) is 6.84. The van der Waals surface area contributed by atoms with Crippen molar-refractivity contribution in [3.63, 3.8) is 0 Å². The minimum Gasteiger partial charge on any atom is -0.369 e. The summed E-state index contributed by atoms with van der Waals surface area (Å²) in [7, 11) is 0. The molecule has 0 aromatic heterocycles. The van der Waals surface area contributed by atoms with Gasteiger partial charge in [-0.05, 0) is 26.2 Å². The van der Waals surface area contributed by atoms with Gasteiger partial charge >= 0.3 is 6.03 Å². The average molecular weight is 399 g/mol. The highest BCUT2D eigenvalue weighted by atomic mass is 35.5. The van der Waals surface area contributed by atoms with Gasteiger partial charge in [-0.1, -0.05) is 25.3 Å². The molecule has 0 aromatic carbocycles. The molecule has 2 aliphatic rings. The smallest absolute Gasteiger partial charge is 0.331 e. The van der Waals surface area contributed by atoms with Gasteiger partial charge < -0.3 is 11.5 Å². The van der Waals surface area contributed by atoms with Crippen molar-refractivity contribution in [2.24, 2.45) is 27.1 Å². The lowest BCUT2D eigenvalue weighted by Crippen LogP contribution is -2.66. The zero-order chi connectivity index (χ0) is 19.3. The fourth-order valence-corrected chi connectivity index (χ4v) is 3.64. The van der Waals surface area contributed by atoms with E-state index < -0.39 is 23.3 Å². The summed E-state index contributed by atoms with van der Waals surface area (Å²) in [6.45, 7) is 5.29. The van der Waals surface area contributed by atoms with Crippen LogP contribution in [0.2, 0.25) is 0 Å². The molecule has 4 amide bonds. The lowest BCUT2D eigenvalue weighted by molar-refractivity contribution is -0.152. The van der Waals surface area contributed by atoms with E-state index in [9.17, 15) is 14.4 Å². The van der Waals surface area contributed by atoms with Crippen molar-refractivity contribution in [2.45, 2.75) is 57.9 Å². The van der Waals surface area contributed by atoms with Crippen molar-refractivity contribution >= 4 is 41.9 Å². The number of hydrogen-bond acceptors (Lipinski definition) is 5. The van der Waals surface area contributed by atoms with Gasteiger partial charge in [0, 0.05) is 18.2 Å². The third-order valence-electron chi connectivity index (χ3n) is 4.83. The first-order chi connectivity index (χ1) is 12.3. The van der Waals surface area contributed by atoms with Crippen LogP contribution < -0.4 is 16.8 Å². The first-order valence-electron chi connectivity index (χ1n) is 8.74. The normalized spacial score (nSPS) is 24.1. The molecule has 150 valence electrons. The monoisotopic (exact) mass is 398 g/mol. The minimum absolute atomic E-state index is 0. The number of barbiturate groups is 1. The minimum atomic E-state index is -1.47. The Morgan fingerprint density at radius 2 is 1.89 bits per heavy atom. The molecule has 1 aliphatic carbocycles. The quantitative estimate of drug-likeness (QED) is 0.204. The molecule has 0 spiro atoms. The molecule has 1 unspecified atom stereocenters. The second kappa shape index (κ2) is 9.50. The first-order valence-corrected chi connectivity index (χ1v) is 8.74. The molecule has 1 saturated carbocycles. The highest BCUT2D eigenvalue weighted by molar-refractivity contribution is 6.20. The number of hydrogen-bond donors (Lipinski definition) is 3. The molecule has 27 heavy (non-hydrogen) atoms. The van der Waals surface area contributed by atoms with Crippen LogP contribution in [0.25, 0.3) is 0 Å². The Kier molecular flexibility index (Phi) is 7.96. The standard InChI is InChI=1S/C17H26N6O3.ClH/c1-3-9-17(10-11(2)21-22-15(18)19)13(24)20-16(26)23(14(17)25)12-7-5-4-6-8-12;/h3,12H,1,4-10H2,2H3,(H4,18,19,22)(H,20,24,26);1H. The van der Waals surface area contributed by atoms with Crippen LogP contribution in [-0.4, -0.2) is 40.5 Å². The van der Waals surface area contributed by atoms with Crippen molar-refractivity contribution < 1.29 is 14.4 Å². The van der Waals surface area contributed by atoms with Crippen LogP contribution in [0.5, 0.6) is 0 Å². The third-order valence-corrected chi connectivity index (χ3v) is 4.83. The van der Waals surface area contributed by atoms with Crippen LogP contribution >= 0.6 is 12.4 Å². The van der Waals surface area contributed by atoms with Gasteiger partial charge in [-0.3, -0.25) is 19.8 Å². The molecule has 1 saturated heterocycles. The van der Waals surface area contributed by atoms with Gasteiger partial charge in [-0.2, -0.15) is 5.10 Å². The number of nitrogens with one attached hydrogen (secondary N) is 1. The van der Waals surface area contributed by atoms with E-state index in [2.05, 4.69) is 22.1 Å². The molecule has 0 bridgehead atoms. The molecule has 2 rings (SSSR count). The summed E-state index contributed by atoms with van der Waals surface area (Å²) in [6.07, 6.45) is 6.07. The van der Waals surface area contributed by atoms with Crippen LogP contribution in [0.1, 0.15) is 51.9 Å². The molecule has 2 fully saturated rings. The first kappa shape index (κ1) is 22.6. The second-order valence-corrected chi connectivity index (χ2v) is 6.84. The van der Waals surface area contributed by atoms with Gasteiger partial charge in [0.2, 0.25) is 17.8 Å². The molecule has 1 heterocycles. The largest absolute Gasteiger partial charge is 0.369 e. The number of allylic oxidation sites excluding steroid dienone is 1. The van der Waals surface area contributed by atoms with Gasteiger partial charge in [-0.15, -0.1) is 24.1 Å². The van der Waals surface area contributed by atoms with E-state index in [1.165, 1.54) is 11.0 Å². The number of halogens is 1. The van der Waals surface area contributed by atoms with Gasteiger partial charge in [0.1, 0.15) is 5.41 Å². The fourth-order valence-electron chi connectivity index (χ4n) is 3.64. The predicted octanol–water partition coefficient (Wildman–Crippen LogP) is 1.42. The van der Waals surface area contributed by atoms with E-state index in [4.69, 9.17) is 11.5 Å². The van der Waals surface area contributed by atoms with Crippen molar-refractivity contribution in [3.8, 4) is 0 Å². The summed E-state index contributed by atoms with van der Waals surface area (Å²) in [5.74, 6) is -1.36. The molecule has 1 aliphatic heterocycles. The highest BCUT2D eigenvalue weighted by Gasteiger charge is 2.54. The number of carbonyl (C=O) groups excluding carboxylic acids is 3. The van der Waals surface area contributed by atoms with E-state index in [1.807, 2.05) is 0 Å². The molecule has 0 radical (unpaired) electrons. The third kappa shape index (κ3) is 4.85. The number of nitrogens with zero attached hydrogens (tertiary/aromatic N) is 3. The van der Waals surface area contributed by atoms with Crippen molar-refractivity contribution in [1.82, 2.24) is 10.2 Å². The van der Waals surface area contributed by atoms with Crippen LogP contribution in [0.15, 0.2) is 22.9 Å². The predicted molar refractivity (Wildman–Crippen MR) is 105 cm³/mol. The topological polar surface area (TPSA) is 143 Å². The highest BCUT2D eigenvalue weighted by Crippen LogP contribution is 2.36. The lowest BCUT2D eigenvalue weighted by atomic mass is 9.75. The van der Waals surface area contributed by atoms with Crippen LogP contribution in [0.4, 0.5) is 4.79 Å². The zero-order valence-electron chi connectivity index (χ0n) is 15.4. The Morgan fingerprint density at radius 1 is 1.26 bits per heavy atom. The fraction of sp³-hybridized carbons (Fsp3) is 0.588. The molecule has 10 heteroatoms. The summed E-state index contributed by atoms with van der Waals surface area (Å²) in [5.41, 5.74) is 9.46. The summed E-state index contributed by atoms with van der Waals surface area (Å²) in [6, 6.07) is -0.839. The summed E-state index contributed by atoms with van der Waals surface area (Å²) < 4.78 is 0. The van der Waals surface area contributed by atoms with Crippen molar-refractivity contribution in [2.75, 3.05) is 0 Å². The Labute approximate surface area is 164 Å². The number of amides is 4. The Balaban J connectivity index is 0.00000364. The molecule has 5 N–H and O–H groups in total. The van der Waals surface area contributed by atoms with E-state index in [1.54, 1.807) is 6.92 Å². The number of carbonyl (C=O) groups is 3. The van der Waals surface area contributed by atoms with Gasteiger partial charge in [-0.25, -0.2) is 4.79 Å². The SMILES string of the molecule is C=CCC1(CC(C)=NN=C(N)N)C(=O)NC(=O)N(C2CCCCC2)C1=O.Cl. The Morgan fingerprint density at radius 3 is 2.44 bits per heavy atom. The van der Waals surface area contributed by atoms with Crippen LogP contribution in [0, 0.1) is 5.41 Å². The maximum atomic E-state index is 13.3. The van der Waals surface area contributed by atoms with Crippen molar-refractivity contribution in [1.29, 1.82) is 0 Å². The van der Waals surface area contributed by atoms with E-state index in [0.29, 0.717) is 5.71 Å². The number of nitrogens with two attached hydrogens (primary N) is 2. The Hall–Kier alpha value is -2.42. The number of rotatable bonds is 6. The lowest BCUT2D eigenvalue weighted by Gasteiger charge is -2.43. The maximum Gasteiger partial charge on any atom is 0.331 e. The maximum absolute atomic E-state index is 13.3. The Bertz CT molecular complexity index is 668. The zero-order valence-corrected chi connectivity index (χ0v) is 16.3. The summed E-state index contributed by atoms with van der Waals surface area (Å²) >= 11 is 0. The van der Waals surface area contributed by atoms with Crippen molar-refractivity contribution in [3.05, 3.63) is 12.7 Å². The van der Waals surface area contributed by atoms with Crippen LogP contribution in [-0.2, 0) is 9.59 Å². The van der Waals surface area contributed by atoms with Gasteiger partial charge in [0.05, 0.1) is 0 Å². The molecular weight excluding hydrogens is 372 g/mol. The number of imide groups is 2. The molecular formula is C17H27ClN6O3. The van der Waals surface area contributed by atoms with E-state index in [-0.39, 0.29) is 37.3 Å². The molecule has 9 nitrogen and oxygen atoms in total. The average Bonchev–Trinajstić information content (AvgIpc) is 2.59. The van der Waals surface area contributed by atoms with Gasteiger partial charge in [0.15, 0.2) is 0 Å². The van der Waals surface area contributed by atoms with E-state index in [0.717, 1.165) is 32.1 Å². The van der Waals surface area contributed by atoms with Gasteiger partial charge in [0.25, 0.3) is 0 Å². The summed E-state index contributed by atoms with van der Waals surface area (Å²) in [4.78, 5) is 39.5. The number of guanidine groups is 1. The van der Waals surface area contributed by atoms with Crippen LogP contribution in [0.3, 0.4) is 0 Å². The molecule has 1 atom stereocenters. The molecule has 0 aromatic rings. The number of urea groups is 1. The van der Waals surface area contributed by atoms with E-state index >= 15 is 0 Å². The summed E-state index contributed by atoms with van der Waals surface area (Å²) in [5, 5.41) is 9.76.